The van der Waals surface area contributed by atoms with Gasteiger partial charge >= 0.3 is 22.8 Å². The van der Waals surface area contributed by atoms with Gasteiger partial charge in [-0.05, 0) is 85.3 Å². The Labute approximate surface area is 275 Å². The summed E-state index contributed by atoms with van der Waals surface area (Å²) in [5.41, 5.74) is 8.35. The van der Waals surface area contributed by atoms with Crippen LogP contribution in [0.1, 0.15) is 34.3 Å². The number of benzene rings is 5. The molecule has 0 aliphatic carbocycles. The predicted octanol–water partition coefficient (Wildman–Crippen LogP) is 9.51. The van der Waals surface area contributed by atoms with Crippen molar-refractivity contribution in [1.29, 1.82) is 0 Å². The highest BCUT2D eigenvalue weighted by Crippen LogP contribution is 2.46. The molecule has 0 bridgehead atoms. The van der Waals surface area contributed by atoms with Crippen LogP contribution >= 0.6 is 0 Å². The first kappa shape index (κ1) is 28.3. The maximum atomic E-state index is 14.2. The second-order valence-corrected chi connectivity index (χ2v) is 12.5. The van der Waals surface area contributed by atoms with Crippen molar-refractivity contribution in [1.82, 2.24) is 0 Å². The number of hydrogen-bond acceptors (Lipinski definition) is 5. The molecule has 7 heteroatoms. The standard InChI is InChI=1S/C41H30N2O5/c44-40(45)30-17-8-7-16-29(30)35-33-23-25-11-9-21-42-22-10-18-32(37(25)42)38(33)48-39-31-20-19-28(24-34(31)47-41(46)36(35)39)43(26-12-3-1-4-13-26)27-14-5-2-6-15-27/h1-8,12-17,19-20,23-24H,9-11,18,21-22H2/p+1. The highest BCUT2D eigenvalue weighted by Gasteiger charge is 2.35. The average molecular weight is 632 g/mol. The largest absolute Gasteiger partial charge is 0.478 e. The molecule has 0 unspecified atom stereocenters. The number of para-hydroxylation sites is 2. The summed E-state index contributed by atoms with van der Waals surface area (Å²) in [5.74, 6) is -1.06. The fourth-order valence-electron chi connectivity index (χ4n) is 7.76. The number of fused-ring (bicyclic) bond motifs is 5. The summed E-state index contributed by atoms with van der Waals surface area (Å²) >= 11 is 0. The molecule has 2 aliphatic rings. The number of hydrogen-bond donors (Lipinski definition) is 1. The van der Waals surface area contributed by atoms with Crippen molar-refractivity contribution in [2.75, 3.05) is 22.9 Å². The first-order chi connectivity index (χ1) is 23.6. The van der Waals surface area contributed by atoms with E-state index in [0.717, 1.165) is 66.8 Å². The molecule has 0 radical (unpaired) electrons. The van der Waals surface area contributed by atoms with Crippen LogP contribution in [-0.4, -0.2) is 24.2 Å². The Morgan fingerprint density at radius 3 is 2.17 bits per heavy atom. The van der Waals surface area contributed by atoms with Gasteiger partial charge in [-0.1, -0.05) is 54.6 Å². The SMILES string of the molecule is O=C(O)c1ccccc1-c1c2cc3c4c(c2[o+]c2c1c(=O)oc1cc(N(c5ccccc5)c5ccccc5)ccc12)CCCN4CCC3. The zero-order chi connectivity index (χ0) is 32.4. The van der Waals surface area contributed by atoms with E-state index in [9.17, 15) is 14.7 Å². The van der Waals surface area contributed by atoms with Crippen molar-refractivity contribution in [2.45, 2.75) is 25.7 Å². The van der Waals surface area contributed by atoms with E-state index in [-0.39, 0.29) is 10.9 Å². The van der Waals surface area contributed by atoms with Gasteiger partial charge in [0.1, 0.15) is 11.0 Å². The quantitative estimate of drug-likeness (QED) is 0.0876. The van der Waals surface area contributed by atoms with Crippen molar-refractivity contribution in [3.63, 3.8) is 0 Å². The Balaban J connectivity index is 1.38. The average Bonchev–Trinajstić information content (AvgIpc) is 3.12. The van der Waals surface area contributed by atoms with Crippen molar-refractivity contribution < 1.29 is 18.7 Å². The lowest BCUT2D eigenvalue weighted by Gasteiger charge is -2.36. The van der Waals surface area contributed by atoms with Crippen LogP contribution in [-0.2, 0) is 12.8 Å². The fourth-order valence-corrected chi connectivity index (χ4v) is 7.76. The smallest absolute Gasteiger partial charge is 0.379 e. The molecular weight excluding hydrogens is 600 g/mol. The molecule has 234 valence electrons. The minimum Gasteiger partial charge on any atom is -0.478 e. The highest BCUT2D eigenvalue weighted by molar-refractivity contribution is 6.17. The first-order valence-corrected chi connectivity index (χ1v) is 16.4. The third-order valence-electron chi connectivity index (χ3n) is 9.75. The van der Waals surface area contributed by atoms with Crippen LogP contribution < -0.4 is 15.4 Å². The van der Waals surface area contributed by atoms with Gasteiger partial charge < -0.3 is 19.3 Å². The van der Waals surface area contributed by atoms with Crippen LogP contribution in [0.25, 0.3) is 44.0 Å². The monoisotopic (exact) mass is 631 g/mol. The van der Waals surface area contributed by atoms with Gasteiger partial charge in [-0.25, -0.2) is 14.0 Å². The highest BCUT2D eigenvalue weighted by atomic mass is 16.4. The van der Waals surface area contributed by atoms with E-state index in [1.807, 2.05) is 84.9 Å². The third kappa shape index (κ3) is 4.38. The van der Waals surface area contributed by atoms with Gasteiger partial charge in [0.2, 0.25) is 0 Å². The molecule has 48 heavy (non-hydrogen) atoms. The number of aryl methyl sites for hydroxylation is 2. The number of rotatable bonds is 5. The van der Waals surface area contributed by atoms with Crippen LogP contribution in [0.3, 0.4) is 0 Å². The molecule has 0 fully saturated rings. The van der Waals surface area contributed by atoms with Gasteiger partial charge in [0.05, 0.1) is 22.2 Å². The lowest BCUT2D eigenvalue weighted by Crippen LogP contribution is -2.34. The van der Waals surface area contributed by atoms with Crippen LogP contribution in [0, 0.1) is 0 Å². The zero-order valence-electron chi connectivity index (χ0n) is 26.1. The zero-order valence-corrected chi connectivity index (χ0v) is 26.1. The number of carboxylic acids is 1. The first-order valence-electron chi connectivity index (χ1n) is 16.4. The number of anilines is 4. The van der Waals surface area contributed by atoms with E-state index >= 15 is 0 Å². The Hall–Kier alpha value is -5.95. The molecule has 7 nitrogen and oxygen atoms in total. The second kappa shape index (κ2) is 11.1. The summed E-state index contributed by atoms with van der Waals surface area (Å²) in [5, 5.41) is 11.9. The van der Waals surface area contributed by atoms with Crippen molar-refractivity contribution in [2.24, 2.45) is 0 Å². The summed E-state index contributed by atoms with van der Waals surface area (Å²) in [6.07, 6.45) is 3.80. The maximum Gasteiger partial charge on any atom is 0.379 e. The number of nitrogens with zero attached hydrogens (tertiary/aromatic N) is 2. The normalized spacial score (nSPS) is 14.0. The molecule has 9 rings (SSSR count). The van der Waals surface area contributed by atoms with E-state index in [0.29, 0.717) is 33.3 Å². The number of aromatic carboxylic acids is 1. The third-order valence-corrected chi connectivity index (χ3v) is 9.75. The Bertz CT molecular complexity index is 2430. The summed E-state index contributed by atoms with van der Waals surface area (Å²) in [4.78, 5) is 31.4. The molecule has 4 heterocycles. The van der Waals surface area contributed by atoms with E-state index in [1.54, 1.807) is 18.2 Å². The molecule has 0 saturated carbocycles. The van der Waals surface area contributed by atoms with Gasteiger partial charge in [-0.2, -0.15) is 0 Å². The molecule has 0 amide bonds. The van der Waals surface area contributed by atoms with Gasteiger partial charge in [-0.15, -0.1) is 0 Å². The second-order valence-electron chi connectivity index (χ2n) is 12.5. The lowest BCUT2D eigenvalue weighted by atomic mass is 9.86. The van der Waals surface area contributed by atoms with E-state index in [1.165, 1.54) is 11.3 Å². The molecule has 2 aliphatic heterocycles. The fraction of sp³-hybridized carbons (Fsp3) is 0.146. The van der Waals surface area contributed by atoms with Crippen molar-refractivity contribution in [3.05, 3.63) is 136 Å². The Kier molecular flexibility index (Phi) is 6.54. The molecule has 1 N–H and O–H groups in total. The minimum absolute atomic E-state index is 0.121. The predicted molar refractivity (Wildman–Crippen MR) is 190 cm³/mol. The molecule has 5 aromatic carbocycles. The lowest BCUT2D eigenvalue weighted by molar-refractivity contribution is 0.0697. The molecule has 2 aromatic heterocycles. The van der Waals surface area contributed by atoms with Crippen LogP contribution in [0.5, 0.6) is 0 Å². The van der Waals surface area contributed by atoms with Gasteiger partial charge in [-0.3, -0.25) is 0 Å². The van der Waals surface area contributed by atoms with E-state index in [4.69, 9.17) is 8.83 Å². The Morgan fingerprint density at radius 2 is 1.44 bits per heavy atom. The molecule has 0 spiro atoms. The maximum absolute atomic E-state index is 14.2. The summed E-state index contributed by atoms with van der Waals surface area (Å²) < 4.78 is 13.0. The molecular formula is C41H31N2O5+. The minimum atomic E-state index is -1.06. The number of carboxylic acid groups (broad SMARTS) is 1. The molecule has 7 aromatic rings. The summed E-state index contributed by atoms with van der Waals surface area (Å²) in [6.45, 7) is 2.00. The van der Waals surface area contributed by atoms with Gasteiger partial charge in [0.15, 0.2) is 5.39 Å². The van der Waals surface area contributed by atoms with E-state index in [2.05, 4.69) is 15.9 Å². The van der Waals surface area contributed by atoms with Crippen LogP contribution in [0.4, 0.5) is 22.7 Å². The topological polar surface area (TPSA) is 85.3 Å². The van der Waals surface area contributed by atoms with E-state index < -0.39 is 11.6 Å². The van der Waals surface area contributed by atoms with Gasteiger partial charge in [0.25, 0.3) is 0 Å². The van der Waals surface area contributed by atoms with Crippen molar-refractivity contribution in [3.8, 4) is 11.1 Å². The summed E-state index contributed by atoms with van der Waals surface area (Å²) in [6, 6.07) is 34.9. The Morgan fingerprint density at radius 1 is 0.750 bits per heavy atom. The molecule has 0 saturated heterocycles. The van der Waals surface area contributed by atoms with Gasteiger partial charge in [0, 0.05) is 41.8 Å². The van der Waals surface area contributed by atoms with Crippen molar-refractivity contribution >= 4 is 61.6 Å². The molecule has 0 atom stereocenters. The van der Waals surface area contributed by atoms with Crippen LogP contribution in [0.2, 0.25) is 0 Å². The number of carbonyl (C=O) groups is 1. The van der Waals surface area contributed by atoms with Crippen LogP contribution in [0.15, 0.2) is 123 Å². The summed E-state index contributed by atoms with van der Waals surface area (Å²) in [7, 11) is 0.